The lowest BCUT2D eigenvalue weighted by Crippen LogP contribution is -2.42. The van der Waals surface area contributed by atoms with Crippen LogP contribution >= 0.6 is 11.6 Å². The van der Waals surface area contributed by atoms with Crippen LogP contribution in [0.2, 0.25) is 5.02 Å². The van der Waals surface area contributed by atoms with Gasteiger partial charge in [-0.1, -0.05) is 45.7 Å². The van der Waals surface area contributed by atoms with Gasteiger partial charge >= 0.3 is 6.03 Å². The Labute approximate surface area is 183 Å². The van der Waals surface area contributed by atoms with Crippen molar-refractivity contribution in [3.63, 3.8) is 0 Å². The highest BCUT2D eigenvalue weighted by Gasteiger charge is 2.34. The third-order valence-corrected chi connectivity index (χ3v) is 6.13. The molecule has 2 N–H and O–H groups in total. The minimum absolute atomic E-state index is 0. The van der Waals surface area contributed by atoms with Crippen LogP contribution in [0.3, 0.4) is 0 Å². The van der Waals surface area contributed by atoms with E-state index in [0.717, 1.165) is 38.2 Å². The van der Waals surface area contributed by atoms with Gasteiger partial charge in [0.25, 0.3) is 0 Å². The van der Waals surface area contributed by atoms with E-state index in [1.165, 1.54) is 11.0 Å². The molecule has 1 aromatic carbocycles. The van der Waals surface area contributed by atoms with Crippen molar-refractivity contribution in [1.82, 2.24) is 15.5 Å². The first-order valence-electron chi connectivity index (χ1n) is 9.81. The SMILES string of the molecule is C.C.CN1CCC(C(=O)NC(c2c(F)ccc(Cl)c2F)C2CCCCC2)CNC1=O. The lowest BCUT2D eigenvalue weighted by Gasteiger charge is -2.33. The zero-order valence-electron chi connectivity index (χ0n) is 15.9. The number of nitrogens with one attached hydrogen (secondary N) is 2. The lowest BCUT2D eigenvalue weighted by molar-refractivity contribution is -0.126. The second kappa shape index (κ2) is 11.5. The van der Waals surface area contributed by atoms with Crippen LogP contribution in [-0.2, 0) is 4.79 Å². The summed E-state index contributed by atoms with van der Waals surface area (Å²) in [7, 11) is 1.66. The molecule has 1 aliphatic heterocycles. The maximum absolute atomic E-state index is 14.7. The summed E-state index contributed by atoms with van der Waals surface area (Å²) in [5.41, 5.74) is -0.164. The largest absolute Gasteiger partial charge is 0.348 e. The van der Waals surface area contributed by atoms with E-state index in [0.29, 0.717) is 13.0 Å². The summed E-state index contributed by atoms with van der Waals surface area (Å²) in [6.07, 6.45) is 5.08. The zero-order valence-corrected chi connectivity index (χ0v) is 16.7. The fraction of sp³-hybridized carbons (Fsp3) is 0.636. The highest BCUT2D eigenvalue weighted by atomic mass is 35.5. The number of benzene rings is 1. The van der Waals surface area contributed by atoms with Gasteiger partial charge in [0.2, 0.25) is 5.91 Å². The molecule has 3 amide bonds. The van der Waals surface area contributed by atoms with Crippen LogP contribution in [0.1, 0.15) is 65.0 Å². The van der Waals surface area contributed by atoms with E-state index in [2.05, 4.69) is 10.6 Å². The van der Waals surface area contributed by atoms with Gasteiger partial charge in [0.1, 0.15) is 11.6 Å². The van der Waals surface area contributed by atoms with E-state index < -0.39 is 23.6 Å². The van der Waals surface area contributed by atoms with Crippen LogP contribution < -0.4 is 10.6 Å². The second-order valence-corrected chi connectivity index (χ2v) is 8.14. The van der Waals surface area contributed by atoms with Crippen molar-refractivity contribution >= 4 is 23.5 Å². The third-order valence-electron chi connectivity index (χ3n) is 5.84. The molecule has 1 heterocycles. The Kier molecular flexibility index (Phi) is 10.0. The van der Waals surface area contributed by atoms with E-state index in [4.69, 9.17) is 11.6 Å². The van der Waals surface area contributed by atoms with Crippen LogP contribution in [0, 0.1) is 23.5 Å². The van der Waals surface area contributed by atoms with Crippen molar-refractivity contribution in [2.75, 3.05) is 20.1 Å². The van der Waals surface area contributed by atoms with Gasteiger partial charge < -0.3 is 15.5 Å². The van der Waals surface area contributed by atoms with Gasteiger partial charge in [-0.25, -0.2) is 13.6 Å². The van der Waals surface area contributed by atoms with Crippen molar-refractivity contribution in [1.29, 1.82) is 0 Å². The summed E-state index contributed by atoms with van der Waals surface area (Å²) >= 11 is 5.90. The van der Waals surface area contributed by atoms with Crippen LogP contribution in [0.4, 0.5) is 13.6 Å². The second-order valence-electron chi connectivity index (χ2n) is 7.73. The smallest absolute Gasteiger partial charge is 0.317 e. The average Bonchev–Trinajstić information content (AvgIpc) is 2.86. The first-order chi connectivity index (χ1) is 13.4. The van der Waals surface area contributed by atoms with Gasteiger partial charge in [-0.2, -0.15) is 0 Å². The Morgan fingerprint density at radius 3 is 2.53 bits per heavy atom. The van der Waals surface area contributed by atoms with Crippen molar-refractivity contribution in [3.8, 4) is 0 Å². The average molecular weight is 446 g/mol. The van der Waals surface area contributed by atoms with E-state index in [9.17, 15) is 18.4 Å². The molecule has 1 saturated carbocycles. The van der Waals surface area contributed by atoms with Crippen molar-refractivity contribution < 1.29 is 18.4 Å². The molecule has 2 unspecified atom stereocenters. The zero-order chi connectivity index (χ0) is 20.3. The van der Waals surface area contributed by atoms with Crippen LogP contribution in [0.5, 0.6) is 0 Å². The molecule has 8 heteroatoms. The Balaban J connectivity index is 0.00000225. The minimum Gasteiger partial charge on any atom is -0.348 e. The first-order valence-corrected chi connectivity index (χ1v) is 10.2. The normalized spacial score (nSPS) is 20.9. The van der Waals surface area contributed by atoms with E-state index in [1.807, 2.05) is 0 Å². The summed E-state index contributed by atoms with van der Waals surface area (Å²) in [5, 5.41) is 5.44. The summed E-state index contributed by atoms with van der Waals surface area (Å²) in [4.78, 5) is 26.2. The molecule has 1 aliphatic carbocycles. The predicted molar refractivity (Wildman–Crippen MR) is 116 cm³/mol. The number of hydrogen-bond donors (Lipinski definition) is 2. The molecule has 2 atom stereocenters. The van der Waals surface area contributed by atoms with Crippen LogP contribution in [0.15, 0.2) is 12.1 Å². The molecule has 0 radical (unpaired) electrons. The number of carbonyl (C=O) groups is 2. The predicted octanol–water partition coefficient (Wildman–Crippen LogP) is 5.29. The molecule has 170 valence electrons. The van der Waals surface area contributed by atoms with Gasteiger partial charge in [-0.05, 0) is 37.3 Å². The maximum Gasteiger partial charge on any atom is 0.317 e. The number of hydrogen-bond acceptors (Lipinski definition) is 2. The van der Waals surface area contributed by atoms with Crippen LogP contribution in [0.25, 0.3) is 0 Å². The topological polar surface area (TPSA) is 61.4 Å². The Morgan fingerprint density at radius 1 is 1.20 bits per heavy atom. The molecule has 1 saturated heterocycles. The molecule has 30 heavy (non-hydrogen) atoms. The summed E-state index contributed by atoms with van der Waals surface area (Å²) in [6.45, 7) is 0.644. The standard InChI is InChI=1S/C20H26ClF2N3O2.2CH4/c1-26-10-9-13(11-24-20(26)28)19(27)25-18(12-5-3-2-4-6-12)16-15(22)8-7-14(21)17(16)23;;/h7-8,12-13,18H,2-6,9-11H2,1H3,(H,24,28)(H,25,27);2*1H4. The number of nitrogens with zero attached hydrogens (tertiary/aromatic N) is 1. The van der Waals surface area contributed by atoms with Gasteiger partial charge in [0.05, 0.1) is 17.0 Å². The molecule has 2 fully saturated rings. The minimum atomic E-state index is -0.813. The first kappa shape index (κ1) is 26.1. The van der Waals surface area contributed by atoms with Gasteiger partial charge in [0, 0.05) is 25.7 Å². The molecule has 2 aliphatic rings. The Morgan fingerprint density at radius 2 is 1.87 bits per heavy atom. The van der Waals surface area contributed by atoms with E-state index >= 15 is 0 Å². The van der Waals surface area contributed by atoms with E-state index in [-0.39, 0.29) is 49.8 Å². The molecule has 0 spiro atoms. The fourth-order valence-electron chi connectivity index (χ4n) is 4.11. The number of urea groups is 1. The molecule has 5 nitrogen and oxygen atoms in total. The van der Waals surface area contributed by atoms with E-state index in [1.54, 1.807) is 7.05 Å². The van der Waals surface area contributed by atoms with Gasteiger partial charge in [0.15, 0.2) is 0 Å². The number of amides is 3. The number of halogens is 3. The molecule has 0 aromatic heterocycles. The van der Waals surface area contributed by atoms with Crippen molar-refractivity contribution in [2.45, 2.75) is 59.4 Å². The lowest BCUT2D eigenvalue weighted by atomic mass is 9.80. The molecule has 0 bridgehead atoms. The molecule has 3 rings (SSSR count). The summed E-state index contributed by atoms with van der Waals surface area (Å²) < 4.78 is 29.3. The number of rotatable bonds is 4. The van der Waals surface area contributed by atoms with Crippen molar-refractivity contribution in [3.05, 3.63) is 34.4 Å². The quantitative estimate of drug-likeness (QED) is 0.618. The van der Waals surface area contributed by atoms with Crippen LogP contribution in [-0.4, -0.2) is 37.0 Å². The summed E-state index contributed by atoms with van der Waals surface area (Å²) in [5.74, 6) is -2.32. The molecular formula is C22H34ClF2N3O2. The Hall–Kier alpha value is -1.89. The number of carbonyl (C=O) groups excluding carboxylic acids is 2. The third kappa shape index (κ3) is 5.84. The molecule has 1 aromatic rings. The van der Waals surface area contributed by atoms with Gasteiger partial charge in [-0.3, -0.25) is 4.79 Å². The highest BCUT2D eigenvalue weighted by molar-refractivity contribution is 6.30. The molecular weight excluding hydrogens is 412 g/mol. The van der Waals surface area contributed by atoms with Crippen molar-refractivity contribution in [2.24, 2.45) is 11.8 Å². The highest BCUT2D eigenvalue weighted by Crippen LogP contribution is 2.38. The Bertz CT molecular complexity index is 741. The van der Waals surface area contributed by atoms with Gasteiger partial charge in [-0.15, -0.1) is 0 Å². The fourth-order valence-corrected chi connectivity index (χ4v) is 4.28. The summed E-state index contributed by atoms with van der Waals surface area (Å²) in [6, 6.07) is 1.32. The maximum atomic E-state index is 14.7. The monoisotopic (exact) mass is 445 g/mol.